The molecule has 0 saturated carbocycles. The molecular formula is C25H28O5. The third kappa shape index (κ3) is 6.27. The fourth-order valence-corrected chi connectivity index (χ4v) is 2.39. The minimum atomic E-state index is -0.493. The van der Waals surface area contributed by atoms with Crippen molar-refractivity contribution in [3.8, 4) is 34.1 Å². The number of benzene rings is 2. The zero-order valence-electron chi connectivity index (χ0n) is 18.4. The Labute approximate surface area is 178 Å². The van der Waals surface area contributed by atoms with Gasteiger partial charge in [0.15, 0.2) is 0 Å². The second-order valence-electron chi connectivity index (χ2n) is 7.32. The van der Waals surface area contributed by atoms with E-state index in [0.717, 1.165) is 22.3 Å². The number of esters is 1. The number of carbonyl (C=O) groups excluding carboxylic acids is 1. The number of carbonyl (C=O) groups is 1. The molecule has 2 aromatic rings. The lowest BCUT2D eigenvalue weighted by atomic mass is 10.0. The summed E-state index contributed by atoms with van der Waals surface area (Å²) in [7, 11) is 1.60. The van der Waals surface area contributed by atoms with Gasteiger partial charge in [0.1, 0.15) is 23.0 Å². The summed E-state index contributed by atoms with van der Waals surface area (Å²) < 4.78 is 22.5. The molecule has 0 aliphatic carbocycles. The van der Waals surface area contributed by atoms with Gasteiger partial charge in [0, 0.05) is 28.8 Å². The third-order valence-corrected chi connectivity index (χ3v) is 3.83. The van der Waals surface area contributed by atoms with E-state index in [-0.39, 0.29) is 0 Å². The maximum atomic E-state index is 11.9. The molecule has 5 nitrogen and oxygen atoms in total. The molecule has 0 bridgehead atoms. The van der Waals surface area contributed by atoms with Gasteiger partial charge in [-0.3, -0.25) is 0 Å². The molecule has 0 fully saturated rings. The lowest BCUT2D eigenvalue weighted by molar-refractivity contribution is -0.130. The highest BCUT2D eigenvalue weighted by Gasteiger charge is 2.16. The van der Waals surface area contributed by atoms with Crippen LogP contribution in [0.15, 0.2) is 72.2 Å². The van der Waals surface area contributed by atoms with Crippen LogP contribution in [0, 0.1) is 0 Å². The van der Waals surface area contributed by atoms with Gasteiger partial charge in [-0.1, -0.05) is 6.58 Å². The lowest BCUT2D eigenvalue weighted by Gasteiger charge is -2.15. The van der Waals surface area contributed by atoms with Crippen LogP contribution in [0.3, 0.4) is 0 Å². The van der Waals surface area contributed by atoms with Gasteiger partial charge >= 0.3 is 5.97 Å². The number of hydrogen-bond donors (Lipinski definition) is 0. The molecule has 0 atom stereocenters. The minimum Gasteiger partial charge on any atom is -0.497 e. The summed E-state index contributed by atoms with van der Waals surface area (Å²) in [5, 5.41) is 0. The molecule has 0 radical (unpaired) electrons. The molecular weight excluding hydrogens is 380 g/mol. The van der Waals surface area contributed by atoms with E-state index in [2.05, 4.69) is 6.58 Å². The summed E-state index contributed by atoms with van der Waals surface area (Å²) in [6.07, 6.45) is 3.32. The van der Waals surface area contributed by atoms with Crippen molar-refractivity contribution in [2.24, 2.45) is 0 Å². The van der Waals surface area contributed by atoms with Crippen LogP contribution in [0.2, 0.25) is 0 Å². The Hall–Kier alpha value is -3.47. The quantitative estimate of drug-likeness (QED) is 0.217. The van der Waals surface area contributed by atoms with E-state index in [1.54, 1.807) is 38.7 Å². The lowest BCUT2D eigenvalue weighted by Crippen LogP contribution is -2.08. The maximum absolute atomic E-state index is 11.9. The predicted octanol–water partition coefficient (Wildman–Crippen LogP) is 6.45. The molecule has 0 N–H and O–H groups in total. The van der Waals surface area contributed by atoms with E-state index in [1.165, 1.54) is 0 Å². The zero-order valence-corrected chi connectivity index (χ0v) is 18.4. The zero-order chi connectivity index (χ0) is 22.3. The summed E-state index contributed by atoms with van der Waals surface area (Å²) in [6, 6.07) is 10.8. The maximum Gasteiger partial charge on any atom is 0.338 e. The van der Waals surface area contributed by atoms with Crippen molar-refractivity contribution in [2.75, 3.05) is 7.11 Å². The first-order valence-electron chi connectivity index (χ1n) is 9.51. The van der Waals surface area contributed by atoms with E-state index in [0.29, 0.717) is 28.6 Å². The highest BCUT2D eigenvalue weighted by Crippen LogP contribution is 2.40. The van der Waals surface area contributed by atoms with Crippen molar-refractivity contribution in [2.45, 2.75) is 34.6 Å². The molecule has 0 heterocycles. The molecule has 0 spiro atoms. The van der Waals surface area contributed by atoms with Gasteiger partial charge in [-0.15, -0.1) is 0 Å². The second-order valence-corrected chi connectivity index (χ2v) is 7.32. The summed E-state index contributed by atoms with van der Waals surface area (Å²) in [4.78, 5) is 11.9. The Morgan fingerprint density at radius 1 is 0.800 bits per heavy atom. The topological polar surface area (TPSA) is 54.0 Å². The Morgan fingerprint density at radius 2 is 1.27 bits per heavy atom. The van der Waals surface area contributed by atoms with Gasteiger partial charge < -0.3 is 18.9 Å². The Balaban J connectivity index is 2.58. The van der Waals surface area contributed by atoms with E-state index in [9.17, 15) is 4.79 Å². The van der Waals surface area contributed by atoms with Gasteiger partial charge in [-0.05, 0) is 70.0 Å². The fraction of sp³-hybridized carbons (Fsp3) is 0.240. The first kappa shape index (κ1) is 22.8. The van der Waals surface area contributed by atoms with Crippen molar-refractivity contribution in [1.82, 2.24) is 0 Å². The number of ether oxygens (including phenoxy) is 4. The summed E-state index contributed by atoms with van der Waals surface area (Å²) in [6.45, 7) is 13.0. The van der Waals surface area contributed by atoms with Crippen molar-refractivity contribution in [3.63, 3.8) is 0 Å². The van der Waals surface area contributed by atoms with Crippen LogP contribution in [0.4, 0.5) is 0 Å². The molecule has 2 rings (SSSR count). The van der Waals surface area contributed by atoms with E-state index >= 15 is 0 Å². The first-order valence-corrected chi connectivity index (χ1v) is 9.51. The second kappa shape index (κ2) is 10.3. The normalized spacial score (nSPS) is 9.93. The standard InChI is InChI=1S/C25H28O5/c1-16(2)14-28-23-12-19(27-7)8-10-21(23)22-11-9-20(30-25(26)18(5)6)13-24(22)29-15-17(3)4/h8-15H,5H2,1-4,6-7H3. The molecule has 0 aliphatic rings. The molecule has 5 heteroatoms. The van der Waals surface area contributed by atoms with Crippen LogP contribution in [-0.2, 0) is 4.79 Å². The van der Waals surface area contributed by atoms with Crippen molar-refractivity contribution < 1.29 is 23.7 Å². The van der Waals surface area contributed by atoms with Crippen LogP contribution >= 0.6 is 0 Å². The number of allylic oxidation sites excluding steroid dienone is 2. The molecule has 30 heavy (non-hydrogen) atoms. The summed E-state index contributed by atoms with van der Waals surface area (Å²) in [5.41, 5.74) is 3.91. The number of hydrogen-bond acceptors (Lipinski definition) is 5. The Bertz CT molecular complexity index is 991. The smallest absolute Gasteiger partial charge is 0.338 e. The van der Waals surface area contributed by atoms with Crippen molar-refractivity contribution in [1.29, 1.82) is 0 Å². The van der Waals surface area contributed by atoms with Crippen molar-refractivity contribution in [3.05, 3.63) is 72.2 Å². The monoisotopic (exact) mass is 408 g/mol. The summed E-state index contributed by atoms with van der Waals surface area (Å²) in [5.74, 6) is 1.69. The minimum absolute atomic E-state index is 0.318. The van der Waals surface area contributed by atoms with Crippen molar-refractivity contribution >= 4 is 5.97 Å². The highest BCUT2D eigenvalue weighted by atomic mass is 16.5. The van der Waals surface area contributed by atoms with Crippen LogP contribution in [-0.4, -0.2) is 13.1 Å². The predicted molar refractivity (Wildman–Crippen MR) is 119 cm³/mol. The number of methoxy groups -OCH3 is 1. The Kier molecular flexibility index (Phi) is 7.87. The van der Waals surface area contributed by atoms with Crippen LogP contribution in [0.1, 0.15) is 34.6 Å². The van der Waals surface area contributed by atoms with E-state index in [4.69, 9.17) is 18.9 Å². The first-order chi connectivity index (χ1) is 14.2. The largest absolute Gasteiger partial charge is 0.497 e. The average molecular weight is 408 g/mol. The molecule has 0 amide bonds. The fourth-order valence-electron chi connectivity index (χ4n) is 2.39. The number of rotatable bonds is 8. The molecule has 0 saturated heterocycles. The molecule has 0 aliphatic heterocycles. The average Bonchev–Trinajstić information content (AvgIpc) is 2.70. The van der Waals surface area contributed by atoms with Crippen LogP contribution in [0.25, 0.3) is 11.1 Å². The highest BCUT2D eigenvalue weighted by molar-refractivity contribution is 5.89. The Morgan fingerprint density at radius 3 is 1.70 bits per heavy atom. The van der Waals surface area contributed by atoms with Gasteiger partial charge in [-0.2, -0.15) is 0 Å². The van der Waals surface area contributed by atoms with Gasteiger partial charge in [-0.25, -0.2) is 4.79 Å². The SMILES string of the molecule is C=C(C)C(=O)Oc1ccc(-c2ccc(OC)cc2OC=C(C)C)c(OC=C(C)C)c1. The van der Waals surface area contributed by atoms with E-state index in [1.807, 2.05) is 52.0 Å². The van der Waals surface area contributed by atoms with Crippen LogP contribution < -0.4 is 18.9 Å². The molecule has 2 aromatic carbocycles. The van der Waals surface area contributed by atoms with Crippen LogP contribution in [0.5, 0.6) is 23.0 Å². The molecule has 158 valence electrons. The van der Waals surface area contributed by atoms with Gasteiger partial charge in [0.2, 0.25) is 0 Å². The van der Waals surface area contributed by atoms with Gasteiger partial charge in [0.05, 0.1) is 19.6 Å². The summed E-state index contributed by atoms with van der Waals surface area (Å²) >= 11 is 0. The van der Waals surface area contributed by atoms with Gasteiger partial charge in [0.25, 0.3) is 0 Å². The van der Waals surface area contributed by atoms with E-state index < -0.39 is 5.97 Å². The molecule has 0 unspecified atom stereocenters. The third-order valence-electron chi connectivity index (χ3n) is 3.83. The molecule has 0 aromatic heterocycles.